The standard InChI is InChI=1S/C16H16O3/c1-19-14-9-5-6-12(10-14)11-15(16(17)18)13-7-3-2-4-8-13/h2-10,15H,11H2,1H3,(H,17,18). The monoisotopic (exact) mass is 256 g/mol. The van der Waals surface area contributed by atoms with Crippen LogP contribution in [0.4, 0.5) is 0 Å². The first kappa shape index (κ1) is 13.1. The van der Waals surface area contributed by atoms with E-state index in [-0.39, 0.29) is 0 Å². The minimum atomic E-state index is -0.811. The van der Waals surface area contributed by atoms with Crippen LogP contribution in [0, 0.1) is 0 Å². The van der Waals surface area contributed by atoms with Gasteiger partial charge in [-0.2, -0.15) is 0 Å². The first-order valence-electron chi connectivity index (χ1n) is 6.11. The first-order valence-corrected chi connectivity index (χ1v) is 6.11. The third-order valence-electron chi connectivity index (χ3n) is 3.07. The first-order chi connectivity index (χ1) is 9.20. The summed E-state index contributed by atoms with van der Waals surface area (Å²) >= 11 is 0. The molecule has 0 heterocycles. The van der Waals surface area contributed by atoms with Crippen LogP contribution in [-0.2, 0) is 11.2 Å². The van der Waals surface area contributed by atoms with Crippen molar-refractivity contribution in [2.75, 3.05) is 7.11 Å². The van der Waals surface area contributed by atoms with E-state index in [1.807, 2.05) is 54.6 Å². The van der Waals surface area contributed by atoms with Gasteiger partial charge in [0.05, 0.1) is 13.0 Å². The zero-order chi connectivity index (χ0) is 13.7. The molecule has 0 saturated carbocycles. The van der Waals surface area contributed by atoms with Crippen LogP contribution in [0.25, 0.3) is 0 Å². The van der Waals surface area contributed by atoms with E-state index in [9.17, 15) is 9.90 Å². The number of carboxylic acids is 1. The van der Waals surface area contributed by atoms with E-state index in [1.54, 1.807) is 7.11 Å². The highest BCUT2D eigenvalue weighted by Gasteiger charge is 2.20. The molecule has 0 amide bonds. The van der Waals surface area contributed by atoms with E-state index < -0.39 is 11.9 Å². The second-order valence-corrected chi connectivity index (χ2v) is 4.36. The van der Waals surface area contributed by atoms with Crippen LogP contribution in [0.2, 0.25) is 0 Å². The average Bonchev–Trinajstić information content (AvgIpc) is 2.45. The molecular weight excluding hydrogens is 240 g/mol. The molecule has 3 nitrogen and oxygen atoms in total. The van der Waals surface area contributed by atoms with Crippen molar-refractivity contribution in [2.45, 2.75) is 12.3 Å². The molecule has 0 bridgehead atoms. The summed E-state index contributed by atoms with van der Waals surface area (Å²) in [6.45, 7) is 0. The molecule has 2 rings (SSSR count). The molecule has 98 valence electrons. The number of rotatable bonds is 5. The maximum absolute atomic E-state index is 11.4. The molecule has 19 heavy (non-hydrogen) atoms. The van der Waals surface area contributed by atoms with Gasteiger partial charge in [-0.15, -0.1) is 0 Å². The molecule has 2 aromatic carbocycles. The number of hydrogen-bond acceptors (Lipinski definition) is 2. The summed E-state index contributed by atoms with van der Waals surface area (Å²) in [4.78, 5) is 11.4. The number of hydrogen-bond donors (Lipinski definition) is 1. The van der Waals surface area contributed by atoms with Gasteiger partial charge in [-0.25, -0.2) is 0 Å². The molecule has 0 aliphatic rings. The van der Waals surface area contributed by atoms with E-state index in [0.717, 1.165) is 16.9 Å². The van der Waals surface area contributed by atoms with E-state index in [4.69, 9.17) is 4.74 Å². The van der Waals surface area contributed by atoms with Gasteiger partial charge in [0.15, 0.2) is 0 Å². The van der Waals surface area contributed by atoms with Gasteiger partial charge in [0.25, 0.3) is 0 Å². The zero-order valence-electron chi connectivity index (χ0n) is 10.7. The number of aliphatic carboxylic acids is 1. The topological polar surface area (TPSA) is 46.5 Å². The summed E-state index contributed by atoms with van der Waals surface area (Å²) in [5.74, 6) is -0.600. The number of methoxy groups -OCH3 is 1. The molecule has 0 fully saturated rings. The third kappa shape index (κ3) is 3.35. The lowest BCUT2D eigenvalue weighted by Crippen LogP contribution is -2.14. The van der Waals surface area contributed by atoms with E-state index in [0.29, 0.717) is 6.42 Å². The Labute approximate surface area is 112 Å². The predicted octanol–water partition coefficient (Wildman–Crippen LogP) is 3.11. The Balaban J connectivity index is 2.24. The van der Waals surface area contributed by atoms with Gasteiger partial charge in [-0.05, 0) is 29.7 Å². The van der Waals surface area contributed by atoms with Crippen molar-refractivity contribution in [3.63, 3.8) is 0 Å². The highest BCUT2D eigenvalue weighted by atomic mass is 16.5. The second kappa shape index (κ2) is 6.05. The number of ether oxygens (including phenoxy) is 1. The Morgan fingerprint density at radius 2 is 1.89 bits per heavy atom. The lowest BCUT2D eigenvalue weighted by atomic mass is 9.92. The van der Waals surface area contributed by atoms with Crippen LogP contribution in [0.15, 0.2) is 54.6 Å². The number of carbonyl (C=O) groups is 1. The van der Waals surface area contributed by atoms with Crippen LogP contribution in [0.3, 0.4) is 0 Å². The number of carboxylic acid groups (broad SMARTS) is 1. The highest BCUT2D eigenvalue weighted by Crippen LogP contribution is 2.23. The van der Waals surface area contributed by atoms with Crippen LogP contribution in [0.5, 0.6) is 5.75 Å². The quantitative estimate of drug-likeness (QED) is 0.894. The Morgan fingerprint density at radius 3 is 2.53 bits per heavy atom. The predicted molar refractivity (Wildman–Crippen MR) is 73.5 cm³/mol. The summed E-state index contributed by atoms with van der Waals surface area (Å²) in [5, 5.41) is 9.38. The minimum Gasteiger partial charge on any atom is -0.497 e. The fraction of sp³-hybridized carbons (Fsp3) is 0.188. The molecule has 0 aliphatic heterocycles. The summed E-state index contributed by atoms with van der Waals surface area (Å²) in [6, 6.07) is 16.8. The Kier molecular flexibility index (Phi) is 4.18. The summed E-state index contributed by atoms with van der Waals surface area (Å²) < 4.78 is 5.16. The minimum absolute atomic E-state index is 0.455. The fourth-order valence-corrected chi connectivity index (χ4v) is 2.07. The lowest BCUT2D eigenvalue weighted by Gasteiger charge is -2.13. The van der Waals surface area contributed by atoms with Crippen molar-refractivity contribution >= 4 is 5.97 Å². The molecule has 0 spiro atoms. The van der Waals surface area contributed by atoms with Gasteiger partial charge in [0.2, 0.25) is 0 Å². The van der Waals surface area contributed by atoms with Gasteiger partial charge < -0.3 is 9.84 Å². The summed E-state index contributed by atoms with van der Waals surface area (Å²) in [7, 11) is 1.60. The largest absolute Gasteiger partial charge is 0.497 e. The van der Waals surface area contributed by atoms with Gasteiger partial charge in [-0.1, -0.05) is 42.5 Å². The Hall–Kier alpha value is -2.29. The van der Waals surface area contributed by atoms with Crippen LogP contribution >= 0.6 is 0 Å². The van der Waals surface area contributed by atoms with Crippen molar-refractivity contribution in [2.24, 2.45) is 0 Å². The molecule has 1 unspecified atom stereocenters. The molecule has 3 heteroatoms. The SMILES string of the molecule is COc1cccc(CC(C(=O)O)c2ccccc2)c1. The average molecular weight is 256 g/mol. The van der Waals surface area contributed by atoms with Crippen molar-refractivity contribution in [3.05, 3.63) is 65.7 Å². The van der Waals surface area contributed by atoms with E-state index in [1.165, 1.54) is 0 Å². The van der Waals surface area contributed by atoms with Gasteiger partial charge in [0, 0.05) is 0 Å². The van der Waals surface area contributed by atoms with Crippen molar-refractivity contribution in [1.29, 1.82) is 0 Å². The molecule has 1 atom stereocenters. The molecule has 0 aliphatic carbocycles. The highest BCUT2D eigenvalue weighted by molar-refractivity contribution is 5.76. The molecule has 0 radical (unpaired) electrons. The maximum Gasteiger partial charge on any atom is 0.311 e. The Morgan fingerprint density at radius 1 is 1.16 bits per heavy atom. The third-order valence-corrected chi connectivity index (χ3v) is 3.07. The van der Waals surface area contributed by atoms with Crippen molar-refractivity contribution < 1.29 is 14.6 Å². The van der Waals surface area contributed by atoms with E-state index in [2.05, 4.69) is 0 Å². The summed E-state index contributed by atoms with van der Waals surface area (Å²) in [6.07, 6.45) is 0.455. The smallest absolute Gasteiger partial charge is 0.311 e. The van der Waals surface area contributed by atoms with Gasteiger partial charge in [0.1, 0.15) is 5.75 Å². The maximum atomic E-state index is 11.4. The van der Waals surface area contributed by atoms with Gasteiger partial charge in [-0.3, -0.25) is 4.79 Å². The molecule has 0 saturated heterocycles. The van der Waals surface area contributed by atoms with Crippen molar-refractivity contribution in [1.82, 2.24) is 0 Å². The fourth-order valence-electron chi connectivity index (χ4n) is 2.07. The molecular formula is C16H16O3. The Bertz CT molecular complexity index is 549. The lowest BCUT2D eigenvalue weighted by molar-refractivity contribution is -0.138. The van der Waals surface area contributed by atoms with E-state index >= 15 is 0 Å². The molecule has 0 aromatic heterocycles. The number of benzene rings is 2. The molecule has 2 aromatic rings. The second-order valence-electron chi connectivity index (χ2n) is 4.36. The summed E-state index contributed by atoms with van der Waals surface area (Å²) in [5.41, 5.74) is 1.77. The van der Waals surface area contributed by atoms with Gasteiger partial charge >= 0.3 is 5.97 Å². The van der Waals surface area contributed by atoms with Crippen LogP contribution < -0.4 is 4.74 Å². The zero-order valence-corrected chi connectivity index (χ0v) is 10.7. The normalized spacial score (nSPS) is 11.8. The van der Waals surface area contributed by atoms with Crippen molar-refractivity contribution in [3.8, 4) is 5.75 Å². The van der Waals surface area contributed by atoms with Crippen LogP contribution in [0.1, 0.15) is 17.0 Å². The van der Waals surface area contributed by atoms with Crippen LogP contribution in [-0.4, -0.2) is 18.2 Å². The molecule has 1 N–H and O–H groups in total.